The second-order valence-corrected chi connectivity index (χ2v) is 9.13. The number of nitrogens with one attached hydrogen (secondary N) is 2. The Kier molecular flexibility index (Phi) is 8.19. The lowest BCUT2D eigenvalue weighted by atomic mass is 9.82. The summed E-state index contributed by atoms with van der Waals surface area (Å²) in [5.74, 6) is 1.77. The number of ether oxygens (including phenoxy) is 1. The van der Waals surface area contributed by atoms with Gasteiger partial charge >= 0.3 is 0 Å². The highest BCUT2D eigenvalue weighted by Crippen LogP contribution is 2.28. The minimum atomic E-state index is -0.00489. The van der Waals surface area contributed by atoms with Crippen molar-refractivity contribution in [3.05, 3.63) is 40.7 Å². The van der Waals surface area contributed by atoms with Crippen molar-refractivity contribution in [3.8, 4) is 11.5 Å². The highest BCUT2D eigenvalue weighted by molar-refractivity contribution is 6.30. The number of carbonyl (C=O) groups excluding carboxylic acids is 1. The minimum Gasteiger partial charge on any atom is -0.441 e. The van der Waals surface area contributed by atoms with Crippen LogP contribution in [0.2, 0.25) is 5.02 Å². The van der Waals surface area contributed by atoms with Crippen LogP contribution in [0.25, 0.3) is 11.5 Å². The predicted octanol–water partition coefficient (Wildman–Crippen LogP) is 2.91. The van der Waals surface area contributed by atoms with Crippen LogP contribution < -0.4 is 10.6 Å². The van der Waals surface area contributed by atoms with Crippen molar-refractivity contribution in [2.75, 3.05) is 52.5 Å². The summed E-state index contributed by atoms with van der Waals surface area (Å²) in [5, 5.41) is 7.31. The molecule has 0 spiro atoms. The Hall–Kier alpha value is -1.93. The maximum Gasteiger partial charge on any atom is 0.226 e. The Balaban J connectivity index is 1.32. The van der Waals surface area contributed by atoms with E-state index in [1.807, 2.05) is 31.2 Å². The third-order valence-corrected chi connectivity index (χ3v) is 6.69. The second kappa shape index (κ2) is 11.3. The van der Waals surface area contributed by atoms with Gasteiger partial charge in [-0.05, 0) is 76.0 Å². The minimum absolute atomic E-state index is 0.00489. The first-order valence-electron chi connectivity index (χ1n) is 11.6. The molecule has 1 aromatic carbocycles. The first-order chi connectivity index (χ1) is 15.6. The highest BCUT2D eigenvalue weighted by atomic mass is 35.5. The standard InChI is InChI=1S/C24H33ClN4O3/c1-17-22(28-24(32-17)18-3-5-20(25)6-4-18)15-19-16-26-9-7-21(19)23(30)27-8-2-10-29-11-13-31-14-12-29/h3-6,19,21,26H,2,7-16H2,1H3,(H,27,30). The number of oxazole rings is 1. The third kappa shape index (κ3) is 6.10. The van der Waals surface area contributed by atoms with E-state index < -0.39 is 0 Å². The molecular weight excluding hydrogens is 428 g/mol. The van der Waals surface area contributed by atoms with E-state index in [-0.39, 0.29) is 17.7 Å². The van der Waals surface area contributed by atoms with Gasteiger partial charge in [-0.15, -0.1) is 0 Å². The topological polar surface area (TPSA) is 79.6 Å². The summed E-state index contributed by atoms with van der Waals surface area (Å²) < 4.78 is 11.3. The monoisotopic (exact) mass is 460 g/mol. The fraction of sp³-hybridized carbons (Fsp3) is 0.583. The largest absolute Gasteiger partial charge is 0.441 e. The normalized spacial score (nSPS) is 22.1. The van der Waals surface area contributed by atoms with Crippen LogP contribution in [0.15, 0.2) is 28.7 Å². The first-order valence-corrected chi connectivity index (χ1v) is 12.0. The number of hydrogen-bond acceptors (Lipinski definition) is 6. The number of amides is 1. The van der Waals surface area contributed by atoms with Gasteiger partial charge in [-0.1, -0.05) is 11.6 Å². The molecule has 8 heteroatoms. The Morgan fingerprint density at radius 2 is 2.06 bits per heavy atom. The van der Waals surface area contributed by atoms with E-state index in [1.54, 1.807) is 0 Å². The fourth-order valence-corrected chi connectivity index (χ4v) is 4.66. The summed E-state index contributed by atoms with van der Waals surface area (Å²) in [7, 11) is 0. The van der Waals surface area contributed by atoms with Gasteiger partial charge in [0, 0.05) is 36.1 Å². The zero-order chi connectivity index (χ0) is 22.3. The molecule has 32 heavy (non-hydrogen) atoms. The third-order valence-electron chi connectivity index (χ3n) is 6.44. The molecule has 2 aliphatic rings. The van der Waals surface area contributed by atoms with Crippen molar-refractivity contribution in [1.29, 1.82) is 0 Å². The fourth-order valence-electron chi connectivity index (χ4n) is 4.53. The predicted molar refractivity (Wildman–Crippen MR) is 125 cm³/mol. The quantitative estimate of drug-likeness (QED) is 0.590. The van der Waals surface area contributed by atoms with E-state index in [4.69, 9.17) is 25.7 Å². The number of aromatic nitrogens is 1. The van der Waals surface area contributed by atoms with Crippen molar-refractivity contribution in [2.45, 2.75) is 26.2 Å². The lowest BCUT2D eigenvalue weighted by Crippen LogP contribution is -2.46. The van der Waals surface area contributed by atoms with Crippen molar-refractivity contribution in [1.82, 2.24) is 20.5 Å². The zero-order valence-electron chi connectivity index (χ0n) is 18.7. The van der Waals surface area contributed by atoms with E-state index in [0.29, 0.717) is 10.9 Å². The van der Waals surface area contributed by atoms with Gasteiger partial charge in [0.1, 0.15) is 5.76 Å². The maximum absolute atomic E-state index is 13.0. The van der Waals surface area contributed by atoms with Crippen molar-refractivity contribution >= 4 is 17.5 Å². The second-order valence-electron chi connectivity index (χ2n) is 8.69. The SMILES string of the molecule is Cc1oc(-c2ccc(Cl)cc2)nc1CC1CNCCC1C(=O)NCCCN1CCOCC1. The number of benzene rings is 1. The molecular formula is C24H33ClN4O3. The Morgan fingerprint density at radius 3 is 2.84 bits per heavy atom. The first kappa shape index (κ1) is 23.2. The van der Waals surface area contributed by atoms with Crippen molar-refractivity contribution in [3.63, 3.8) is 0 Å². The Labute approximate surface area is 194 Å². The number of rotatable bonds is 8. The molecule has 1 aromatic heterocycles. The molecule has 2 N–H and O–H groups in total. The Morgan fingerprint density at radius 1 is 1.28 bits per heavy atom. The summed E-state index contributed by atoms with van der Waals surface area (Å²) in [6.07, 6.45) is 2.54. The number of hydrogen-bond donors (Lipinski definition) is 2. The van der Waals surface area contributed by atoms with E-state index >= 15 is 0 Å². The van der Waals surface area contributed by atoms with Crippen LogP contribution in [0.1, 0.15) is 24.3 Å². The van der Waals surface area contributed by atoms with Gasteiger partial charge in [0.25, 0.3) is 0 Å². The number of aryl methyl sites for hydroxylation is 1. The van der Waals surface area contributed by atoms with Crippen LogP contribution in [0.4, 0.5) is 0 Å². The number of halogens is 1. The molecule has 4 rings (SSSR count). The number of nitrogens with zero attached hydrogens (tertiary/aromatic N) is 2. The summed E-state index contributed by atoms with van der Waals surface area (Å²) in [6, 6.07) is 7.49. The van der Waals surface area contributed by atoms with E-state index in [2.05, 4.69) is 15.5 Å². The lowest BCUT2D eigenvalue weighted by Gasteiger charge is -2.31. The molecule has 174 valence electrons. The van der Waals surface area contributed by atoms with Crippen LogP contribution in [0, 0.1) is 18.8 Å². The van der Waals surface area contributed by atoms with Crippen LogP contribution in [0.3, 0.4) is 0 Å². The van der Waals surface area contributed by atoms with Gasteiger partial charge in [0.15, 0.2) is 0 Å². The average molecular weight is 461 g/mol. The molecule has 2 saturated heterocycles. The molecule has 2 fully saturated rings. The van der Waals surface area contributed by atoms with Gasteiger partial charge < -0.3 is 19.8 Å². The molecule has 3 heterocycles. The lowest BCUT2D eigenvalue weighted by molar-refractivity contribution is -0.127. The van der Waals surface area contributed by atoms with Gasteiger partial charge in [-0.3, -0.25) is 9.69 Å². The molecule has 0 aliphatic carbocycles. The van der Waals surface area contributed by atoms with Crippen molar-refractivity contribution < 1.29 is 13.9 Å². The molecule has 0 radical (unpaired) electrons. The number of carbonyl (C=O) groups is 1. The smallest absolute Gasteiger partial charge is 0.226 e. The van der Waals surface area contributed by atoms with Crippen LogP contribution in [0.5, 0.6) is 0 Å². The molecule has 2 atom stereocenters. The maximum atomic E-state index is 13.0. The van der Waals surface area contributed by atoms with Gasteiger partial charge in [-0.25, -0.2) is 4.98 Å². The van der Waals surface area contributed by atoms with Crippen LogP contribution in [-0.2, 0) is 16.0 Å². The molecule has 7 nitrogen and oxygen atoms in total. The molecule has 2 aromatic rings. The molecule has 2 aliphatic heterocycles. The summed E-state index contributed by atoms with van der Waals surface area (Å²) in [4.78, 5) is 20.1. The van der Waals surface area contributed by atoms with E-state index in [9.17, 15) is 4.79 Å². The summed E-state index contributed by atoms with van der Waals surface area (Å²) in [5.41, 5.74) is 1.83. The van der Waals surface area contributed by atoms with Gasteiger partial charge in [-0.2, -0.15) is 0 Å². The van der Waals surface area contributed by atoms with Crippen LogP contribution in [-0.4, -0.2) is 68.3 Å². The summed E-state index contributed by atoms with van der Waals surface area (Å²) in [6.45, 7) is 8.94. The molecule has 0 bridgehead atoms. The van der Waals surface area contributed by atoms with Gasteiger partial charge in [0.2, 0.25) is 11.8 Å². The molecule has 2 unspecified atom stereocenters. The highest BCUT2D eigenvalue weighted by Gasteiger charge is 2.32. The zero-order valence-corrected chi connectivity index (χ0v) is 19.5. The van der Waals surface area contributed by atoms with E-state index in [1.165, 1.54) is 0 Å². The molecule has 1 amide bonds. The van der Waals surface area contributed by atoms with Gasteiger partial charge in [0.05, 0.1) is 18.9 Å². The average Bonchev–Trinajstić information content (AvgIpc) is 3.18. The number of morpholine rings is 1. The van der Waals surface area contributed by atoms with Crippen molar-refractivity contribution in [2.24, 2.45) is 11.8 Å². The van der Waals surface area contributed by atoms with Crippen LogP contribution >= 0.6 is 11.6 Å². The molecule has 0 saturated carbocycles. The number of piperidine rings is 1. The Bertz CT molecular complexity index is 880. The van der Waals surface area contributed by atoms with E-state index in [0.717, 1.165) is 88.8 Å². The summed E-state index contributed by atoms with van der Waals surface area (Å²) >= 11 is 5.99.